The fourth-order valence-corrected chi connectivity index (χ4v) is 1.47. The van der Waals surface area contributed by atoms with Crippen LogP contribution in [0.2, 0.25) is 5.02 Å². The first kappa shape index (κ1) is 11.4. The number of nitrogens with two attached hydrogens (primary N) is 1. The summed E-state index contributed by atoms with van der Waals surface area (Å²) in [6.45, 7) is -0.389. The normalized spacial score (nSPS) is 13.3. The van der Waals surface area contributed by atoms with E-state index in [2.05, 4.69) is 0 Å². The summed E-state index contributed by atoms with van der Waals surface area (Å²) in [4.78, 5) is 0. The van der Waals surface area contributed by atoms with Gasteiger partial charge in [-0.3, -0.25) is 0 Å². The maximum absolute atomic E-state index is 12.6. The van der Waals surface area contributed by atoms with E-state index in [1.807, 2.05) is 0 Å². The number of hydrogen-bond acceptors (Lipinski definition) is 2. The Morgan fingerprint density at radius 3 is 2.57 bits per heavy atom. The molecule has 5 heteroatoms. The van der Waals surface area contributed by atoms with Gasteiger partial charge in [0, 0.05) is 10.6 Å². The smallest absolute Gasteiger partial charge is 0.265 e. The standard InChI is InChI=1S/C9H10ClF2NO/c10-6-3-1-2-5(7(13)4-14)8(6)9(11)12/h1-3,7,9,14H,4,13H2. The second kappa shape index (κ2) is 4.68. The second-order valence-corrected chi connectivity index (χ2v) is 3.24. The number of aliphatic hydroxyl groups is 1. The average Bonchev–Trinajstić information content (AvgIpc) is 2.15. The van der Waals surface area contributed by atoms with E-state index in [1.54, 1.807) is 0 Å². The summed E-state index contributed by atoms with van der Waals surface area (Å²) in [5.74, 6) is 0. The number of halogens is 3. The van der Waals surface area contributed by atoms with Crippen LogP contribution in [0.5, 0.6) is 0 Å². The first-order valence-electron chi connectivity index (χ1n) is 4.00. The number of alkyl halides is 2. The van der Waals surface area contributed by atoms with Gasteiger partial charge in [-0.2, -0.15) is 0 Å². The molecule has 0 aliphatic rings. The van der Waals surface area contributed by atoms with Gasteiger partial charge in [0.05, 0.1) is 12.6 Å². The van der Waals surface area contributed by atoms with Crippen molar-refractivity contribution in [2.45, 2.75) is 12.5 Å². The van der Waals surface area contributed by atoms with Gasteiger partial charge in [0.15, 0.2) is 0 Å². The molecule has 0 fully saturated rings. The zero-order chi connectivity index (χ0) is 10.7. The van der Waals surface area contributed by atoms with E-state index in [0.717, 1.165) is 0 Å². The zero-order valence-corrected chi connectivity index (χ0v) is 8.01. The first-order valence-corrected chi connectivity index (χ1v) is 4.38. The van der Waals surface area contributed by atoms with Gasteiger partial charge in [-0.1, -0.05) is 23.7 Å². The molecule has 1 atom stereocenters. The molecular weight excluding hydrogens is 212 g/mol. The highest BCUT2D eigenvalue weighted by atomic mass is 35.5. The lowest BCUT2D eigenvalue weighted by atomic mass is 10.0. The van der Waals surface area contributed by atoms with Crippen molar-refractivity contribution in [1.82, 2.24) is 0 Å². The molecule has 1 aromatic carbocycles. The topological polar surface area (TPSA) is 46.2 Å². The van der Waals surface area contributed by atoms with E-state index in [0.29, 0.717) is 0 Å². The highest BCUT2D eigenvalue weighted by Crippen LogP contribution is 2.32. The number of aliphatic hydroxyl groups excluding tert-OH is 1. The SMILES string of the molecule is NC(CO)c1cccc(Cl)c1C(F)F. The lowest BCUT2D eigenvalue weighted by molar-refractivity contribution is 0.148. The van der Waals surface area contributed by atoms with Gasteiger partial charge in [-0.05, 0) is 11.6 Å². The van der Waals surface area contributed by atoms with Gasteiger partial charge in [-0.25, -0.2) is 8.78 Å². The Morgan fingerprint density at radius 1 is 1.43 bits per heavy atom. The molecule has 0 heterocycles. The second-order valence-electron chi connectivity index (χ2n) is 2.83. The van der Waals surface area contributed by atoms with Crippen LogP contribution in [-0.2, 0) is 0 Å². The fourth-order valence-electron chi connectivity index (χ4n) is 1.21. The van der Waals surface area contributed by atoms with E-state index in [1.165, 1.54) is 18.2 Å². The Hall–Kier alpha value is -0.710. The number of hydrogen-bond donors (Lipinski definition) is 2. The van der Waals surface area contributed by atoms with Crippen molar-refractivity contribution in [3.63, 3.8) is 0 Å². The first-order chi connectivity index (χ1) is 6.57. The van der Waals surface area contributed by atoms with Crippen molar-refractivity contribution < 1.29 is 13.9 Å². The molecule has 0 spiro atoms. The van der Waals surface area contributed by atoms with Crippen molar-refractivity contribution in [1.29, 1.82) is 0 Å². The van der Waals surface area contributed by atoms with E-state index >= 15 is 0 Å². The Kier molecular flexibility index (Phi) is 3.80. The Bertz CT molecular complexity index is 320. The molecule has 1 aromatic rings. The minimum atomic E-state index is -2.68. The average molecular weight is 222 g/mol. The largest absolute Gasteiger partial charge is 0.394 e. The summed E-state index contributed by atoms with van der Waals surface area (Å²) >= 11 is 5.61. The molecule has 0 saturated heterocycles. The van der Waals surface area contributed by atoms with Crippen LogP contribution in [0, 0.1) is 0 Å². The van der Waals surface area contributed by atoms with Crippen molar-refractivity contribution >= 4 is 11.6 Å². The molecule has 3 N–H and O–H groups in total. The minimum absolute atomic E-state index is 0.0265. The predicted octanol–water partition coefficient (Wildman–Crippen LogP) is 2.27. The fraction of sp³-hybridized carbons (Fsp3) is 0.333. The van der Waals surface area contributed by atoms with Crippen LogP contribution in [-0.4, -0.2) is 11.7 Å². The van der Waals surface area contributed by atoms with Gasteiger partial charge >= 0.3 is 0 Å². The number of rotatable bonds is 3. The Morgan fingerprint density at radius 2 is 2.07 bits per heavy atom. The maximum Gasteiger partial charge on any atom is 0.265 e. The molecule has 0 saturated carbocycles. The van der Waals surface area contributed by atoms with Gasteiger partial charge in [0.25, 0.3) is 6.43 Å². The summed E-state index contributed by atoms with van der Waals surface area (Å²) in [6.07, 6.45) is -2.68. The molecule has 1 rings (SSSR count). The van der Waals surface area contributed by atoms with Crippen molar-refractivity contribution in [3.05, 3.63) is 34.3 Å². The summed E-state index contributed by atoms with van der Waals surface area (Å²) in [7, 11) is 0. The molecule has 0 amide bonds. The highest BCUT2D eigenvalue weighted by Gasteiger charge is 2.19. The Labute approximate surface area is 85.3 Å². The third-order valence-electron chi connectivity index (χ3n) is 1.90. The van der Waals surface area contributed by atoms with Crippen molar-refractivity contribution in [2.24, 2.45) is 5.73 Å². The van der Waals surface area contributed by atoms with Crippen LogP contribution in [0.1, 0.15) is 23.6 Å². The van der Waals surface area contributed by atoms with Crippen LogP contribution in [0.15, 0.2) is 18.2 Å². The number of benzene rings is 1. The van der Waals surface area contributed by atoms with E-state index in [9.17, 15) is 8.78 Å². The third kappa shape index (κ3) is 2.20. The van der Waals surface area contributed by atoms with Crippen molar-refractivity contribution in [2.75, 3.05) is 6.61 Å². The van der Waals surface area contributed by atoms with Gasteiger partial charge in [-0.15, -0.1) is 0 Å². The van der Waals surface area contributed by atoms with Crippen LogP contribution in [0.4, 0.5) is 8.78 Å². The van der Waals surface area contributed by atoms with Crippen LogP contribution < -0.4 is 5.73 Å². The monoisotopic (exact) mass is 221 g/mol. The summed E-state index contributed by atoms with van der Waals surface area (Å²) in [5.41, 5.74) is 5.35. The van der Waals surface area contributed by atoms with E-state index in [-0.39, 0.29) is 22.8 Å². The maximum atomic E-state index is 12.6. The van der Waals surface area contributed by atoms with Gasteiger partial charge in [0.1, 0.15) is 0 Å². The predicted molar refractivity (Wildman–Crippen MR) is 50.4 cm³/mol. The summed E-state index contributed by atoms with van der Waals surface area (Å²) < 4.78 is 25.1. The lowest BCUT2D eigenvalue weighted by Gasteiger charge is -2.14. The molecule has 0 radical (unpaired) electrons. The van der Waals surface area contributed by atoms with Crippen LogP contribution in [0.25, 0.3) is 0 Å². The van der Waals surface area contributed by atoms with Crippen LogP contribution >= 0.6 is 11.6 Å². The molecule has 78 valence electrons. The summed E-state index contributed by atoms with van der Waals surface area (Å²) in [5, 5.41) is 8.75. The molecule has 0 aliphatic heterocycles. The molecule has 0 aliphatic carbocycles. The van der Waals surface area contributed by atoms with Gasteiger partial charge in [0.2, 0.25) is 0 Å². The highest BCUT2D eigenvalue weighted by molar-refractivity contribution is 6.31. The zero-order valence-electron chi connectivity index (χ0n) is 7.25. The molecule has 0 bridgehead atoms. The molecular formula is C9H10ClF2NO. The minimum Gasteiger partial charge on any atom is -0.394 e. The summed E-state index contributed by atoms with van der Waals surface area (Å²) in [6, 6.07) is 3.52. The van der Waals surface area contributed by atoms with Crippen LogP contribution in [0.3, 0.4) is 0 Å². The molecule has 0 aromatic heterocycles. The van der Waals surface area contributed by atoms with E-state index < -0.39 is 12.5 Å². The third-order valence-corrected chi connectivity index (χ3v) is 2.23. The van der Waals surface area contributed by atoms with Gasteiger partial charge < -0.3 is 10.8 Å². The lowest BCUT2D eigenvalue weighted by Crippen LogP contribution is -2.16. The Balaban J connectivity index is 3.21. The molecule has 14 heavy (non-hydrogen) atoms. The molecule has 1 unspecified atom stereocenters. The van der Waals surface area contributed by atoms with E-state index in [4.69, 9.17) is 22.4 Å². The quantitative estimate of drug-likeness (QED) is 0.823. The molecule has 2 nitrogen and oxygen atoms in total. The van der Waals surface area contributed by atoms with Crippen molar-refractivity contribution in [3.8, 4) is 0 Å².